The standard InChI is InChI=1S/C14H22N2O4/c1-7-19-11(17)13(5)9(3)16-14(6,10(4)15-13)12(18)20-8-2/h7-8H2,1-6H3. The van der Waals surface area contributed by atoms with Crippen LogP contribution >= 0.6 is 0 Å². The average Bonchev–Trinajstić information content (AvgIpc) is 2.37. The Hall–Kier alpha value is -1.72. The van der Waals surface area contributed by atoms with Crippen molar-refractivity contribution < 1.29 is 19.1 Å². The number of hydrogen-bond donors (Lipinski definition) is 0. The van der Waals surface area contributed by atoms with E-state index in [-0.39, 0.29) is 13.2 Å². The molecule has 112 valence electrons. The molecule has 2 unspecified atom stereocenters. The Morgan fingerprint density at radius 2 is 1.20 bits per heavy atom. The molecule has 1 heterocycles. The van der Waals surface area contributed by atoms with Gasteiger partial charge in [0.05, 0.1) is 13.2 Å². The van der Waals surface area contributed by atoms with E-state index >= 15 is 0 Å². The third-order valence-corrected chi connectivity index (χ3v) is 3.54. The Morgan fingerprint density at radius 3 is 1.45 bits per heavy atom. The van der Waals surface area contributed by atoms with Crippen LogP contribution in [0.2, 0.25) is 0 Å². The second-order valence-electron chi connectivity index (χ2n) is 4.98. The van der Waals surface area contributed by atoms with Gasteiger partial charge < -0.3 is 9.47 Å². The Bertz CT molecular complexity index is 440. The van der Waals surface area contributed by atoms with Crippen LogP contribution in [0.5, 0.6) is 0 Å². The number of aliphatic imine (C=N–C) groups is 2. The number of esters is 2. The van der Waals surface area contributed by atoms with Crippen molar-refractivity contribution in [1.82, 2.24) is 0 Å². The molecular weight excluding hydrogens is 260 g/mol. The van der Waals surface area contributed by atoms with Crippen molar-refractivity contribution in [3.8, 4) is 0 Å². The molecule has 0 saturated carbocycles. The molecule has 0 aromatic rings. The molecule has 0 aromatic carbocycles. The molecule has 0 radical (unpaired) electrons. The normalized spacial score (nSPS) is 29.3. The van der Waals surface area contributed by atoms with Gasteiger partial charge in [0.2, 0.25) is 0 Å². The number of rotatable bonds is 4. The van der Waals surface area contributed by atoms with Crippen LogP contribution in [-0.2, 0) is 19.1 Å². The maximum atomic E-state index is 12.1. The molecule has 0 spiro atoms. The van der Waals surface area contributed by atoms with Crippen LogP contribution in [0.15, 0.2) is 9.98 Å². The molecule has 2 atom stereocenters. The van der Waals surface area contributed by atoms with Gasteiger partial charge in [-0.3, -0.25) is 9.98 Å². The quantitative estimate of drug-likeness (QED) is 0.733. The van der Waals surface area contributed by atoms with Gasteiger partial charge in [-0.1, -0.05) is 0 Å². The van der Waals surface area contributed by atoms with E-state index in [1.165, 1.54) is 0 Å². The summed E-state index contributed by atoms with van der Waals surface area (Å²) in [6.07, 6.45) is 0. The zero-order valence-corrected chi connectivity index (χ0v) is 12.9. The van der Waals surface area contributed by atoms with E-state index in [1.807, 2.05) is 0 Å². The van der Waals surface area contributed by atoms with Crippen LogP contribution in [0.3, 0.4) is 0 Å². The number of carbonyl (C=O) groups excluding carboxylic acids is 2. The molecule has 0 fully saturated rings. The Morgan fingerprint density at radius 1 is 0.900 bits per heavy atom. The SMILES string of the molecule is CCOC(=O)C1(C)N=C(C)C(C)(C(=O)OCC)N=C1C. The van der Waals surface area contributed by atoms with E-state index in [2.05, 4.69) is 9.98 Å². The predicted molar refractivity (Wildman–Crippen MR) is 76.3 cm³/mol. The highest BCUT2D eigenvalue weighted by atomic mass is 16.5. The minimum atomic E-state index is -1.17. The van der Waals surface area contributed by atoms with E-state index in [0.29, 0.717) is 11.4 Å². The fourth-order valence-corrected chi connectivity index (χ4v) is 1.98. The summed E-state index contributed by atoms with van der Waals surface area (Å²) in [5, 5.41) is 0. The second kappa shape index (κ2) is 5.73. The Kier molecular flexibility index (Phi) is 4.68. The lowest BCUT2D eigenvalue weighted by atomic mass is 9.88. The van der Waals surface area contributed by atoms with Gasteiger partial charge in [-0.05, 0) is 41.5 Å². The molecule has 6 heteroatoms. The molecule has 1 rings (SSSR count). The zero-order valence-electron chi connectivity index (χ0n) is 12.9. The fraction of sp³-hybridized carbons (Fsp3) is 0.714. The molecule has 0 aliphatic carbocycles. The van der Waals surface area contributed by atoms with E-state index in [1.54, 1.807) is 41.5 Å². The summed E-state index contributed by atoms with van der Waals surface area (Å²) in [7, 11) is 0. The van der Waals surface area contributed by atoms with Crippen LogP contribution in [-0.4, -0.2) is 47.7 Å². The van der Waals surface area contributed by atoms with Crippen LogP contribution in [0.4, 0.5) is 0 Å². The maximum Gasteiger partial charge on any atom is 0.339 e. The van der Waals surface area contributed by atoms with Gasteiger partial charge in [0.1, 0.15) is 0 Å². The van der Waals surface area contributed by atoms with Crippen molar-refractivity contribution in [3.05, 3.63) is 0 Å². The summed E-state index contributed by atoms with van der Waals surface area (Å²) < 4.78 is 10.1. The van der Waals surface area contributed by atoms with Gasteiger partial charge in [0.15, 0.2) is 11.1 Å². The summed E-state index contributed by atoms with van der Waals surface area (Å²) in [6.45, 7) is 10.6. The molecule has 0 aromatic heterocycles. The lowest BCUT2D eigenvalue weighted by molar-refractivity contribution is -0.148. The summed E-state index contributed by atoms with van der Waals surface area (Å²) in [4.78, 5) is 32.9. The van der Waals surface area contributed by atoms with Crippen LogP contribution < -0.4 is 0 Å². The van der Waals surface area contributed by atoms with Crippen molar-refractivity contribution >= 4 is 23.4 Å². The van der Waals surface area contributed by atoms with Crippen LogP contribution in [0.25, 0.3) is 0 Å². The third kappa shape index (κ3) is 2.59. The summed E-state index contributed by atoms with van der Waals surface area (Å²) in [5.74, 6) is -0.932. The molecule has 0 N–H and O–H groups in total. The third-order valence-electron chi connectivity index (χ3n) is 3.54. The Balaban J connectivity index is 3.20. The van der Waals surface area contributed by atoms with Crippen LogP contribution in [0, 0.1) is 0 Å². The molecule has 20 heavy (non-hydrogen) atoms. The fourth-order valence-electron chi connectivity index (χ4n) is 1.98. The van der Waals surface area contributed by atoms with Gasteiger partial charge in [-0.2, -0.15) is 0 Å². The van der Waals surface area contributed by atoms with E-state index < -0.39 is 23.0 Å². The van der Waals surface area contributed by atoms with Crippen LogP contribution in [0.1, 0.15) is 41.5 Å². The van der Waals surface area contributed by atoms with Gasteiger partial charge >= 0.3 is 11.9 Å². The first kappa shape index (κ1) is 16.3. The molecule has 1 aliphatic rings. The summed E-state index contributed by atoms with van der Waals surface area (Å²) in [6, 6.07) is 0. The largest absolute Gasteiger partial charge is 0.464 e. The second-order valence-corrected chi connectivity index (χ2v) is 4.98. The van der Waals surface area contributed by atoms with Crippen molar-refractivity contribution in [1.29, 1.82) is 0 Å². The van der Waals surface area contributed by atoms with Gasteiger partial charge in [0.25, 0.3) is 0 Å². The molecule has 6 nitrogen and oxygen atoms in total. The monoisotopic (exact) mass is 282 g/mol. The molecule has 0 bridgehead atoms. The summed E-state index contributed by atoms with van der Waals surface area (Å²) >= 11 is 0. The topological polar surface area (TPSA) is 77.3 Å². The minimum absolute atomic E-state index is 0.269. The smallest absolute Gasteiger partial charge is 0.339 e. The number of nitrogens with zero attached hydrogens (tertiary/aromatic N) is 2. The summed E-state index contributed by atoms with van der Waals surface area (Å²) in [5.41, 5.74) is -1.47. The minimum Gasteiger partial charge on any atom is -0.464 e. The number of hydrogen-bond acceptors (Lipinski definition) is 6. The van der Waals surface area contributed by atoms with Gasteiger partial charge in [-0.15, -0.1) is 0 Å². The highest BCUT2D eigenvalue weighted by Crippen LogP contribution is 2.28. The van der Waals surface area contributed by atoms with Crippen molar-refractivity contribution in [2.75, 3.05) is 13.2 Å². The first-order valence-electron chi connectivity index (χ1n) is 6.70. The molecule has 1 aliphatic heterocycles. The highest BCUT2D eigenvalue weighted by molar-refractivity contribution is 6.20. The number of carbonyl (C=O) groups is 2. The van der Waals surface area contributed by atoms with Crippen molar-refractivity contribution in [3.63, 3.8) is 0 Å². The van der Waals surface area contributed by atoms with E-state index in [4.69, 9.17) is 9.47 Å². The van der Waals surface area contributed by atoms with Crippen molar-refractivity contribution in [2.45, 2.75) is 52.6 Å². The zero-order chi connectivity index (χ0) is 15.6. The lowest BCUT2D eigenvalue weighted by Gasteiger charge is -2.34. The molecule has 0 amide bonds. The molecular formula is C14H22N2O4. The molecule has 0 saturated heterocycles. The first-order valence-corrected chi connectivity index (χ1v) is 6.70. The van der Waals surface area contributed by atoms with Gasteiger partial charge in [-0.25, -0.2) is 9.59 Å². The highest BCUT2D eigenvalue weighted by Gasteiger charge is 2.48. The predicted octanol–water partition coefficient (Wildman–Crippen LogP) is 1.57. The number of ether oxygens (including phenoxy) is 2. The average molecular weight is 282 g/mol. The first-order chi connectivity index (χ1) is 9.22. The van der Waals surface area contributed by atoms with Gasteiger partial charge in [0, 0.05) is 11.4 Å². The van der Waals surface area contributed by atoms with Crippen molar-refractivity contribution in [2.24, 2.45) is 9.98 Å². The van der Waals surface area contributed by atoms with E-state index in [9.17, 15) is 9.59 Å². The van der Waals surface area contributed by atoms with E-state index in [0.717, 1.165) is 0 Å². The lowest BCUT2D eigenvalue weighted by Crippen LogP contribution is -2.53. The maximum absolute atomic E-state index is 12.1. The Labute approximate surface area is 119 Å².